The molecule has 10 heteroatoms. The molecule has 0 aromatic heterocycles. The predicted octanol–water partition coefficient (Wildman–Crippen LogP) is 3.28. The molecule has 1 atom stereocenters. The van der Waals surface area contributed by atoms with Crippen molar-refractivity contribution < 1.29 is 28.5 Å². The molecule has 0 bridgehead atoms. The highest BCUT2D eigenvalue weighted by Crippen LogP contribution is 2.32. The molecule has 1 aliphatic rings. The third kappa shape index (κ3) is 6.09. The molecule has 1 unspecified atom stereocenters. The number of carbonyl (C=O) groups excluding carboxylic acids is 2. The van der Waals surface area contributed by atoms with E-state index in [0.29, 0.717) is 45.7 Å². The lowest BCUT2D eigenvalue weighted by atomic mass is 9.95. The van der Waals surface area contributed by atoms with E-state index in [0.717, 1.165) is 5.56 Å². The SMILES string of the molecule is COCCOC(=O)C1=C(C)N(C)C(=S)NC1c1cccc(NC(=O)c2cc(OC)cc(OC)c2)c1. The summed E-state index contributed by atoms with van der Waals surface area (Å²) >= 11 is 5.46. The topological polar surface area (TPSA) is 98.4 Å². The van der Waals surface area contributed by atoms with Gasteiger partial charge in [0.1, 0.15) is 18.1 Å². The van der Waals surface area contributed by atoms with Crippen molar-refractivity contribution in [2.75, 3.05) is 46.9 Å². The fraction of sp³-hybridized carbons (Fsp3) is 0.320. The molecule has 0 spiro atoms. The van der Waals surface area contributed by atoms with Crippen LogP contribution in [0.2, 0.25) is 0 Å². The second-order valence-electron chi connectivity index (χ2n) is 7.75. The number of amides is 1. The van der Waals surface area contributed by atoms with E-state index in [-0.39, 0.29) is 12.5 Å². The minimum absolute atomic E-state index is 0.132. The number of nitrogens with one attached hydrogen (secondary N) is 2. The summed E-state index contributed by atoms with van der Waals surface area (Å²) in [6, 6.07) is 11.6. The van der Waals surface area contributed by atoms with E-state index in [9.17, 15) is 9.59 Å². The van der Waals surface area contributed by atoms with Crippen molar-refractivity contribution in [2.45, 2.75) is 13.0 Å². The molecule has 2 aromatic rings. The highest BCUT2D eigenvalue weighted by molar-refractivity contribution is 7.80. The Morgan fingerprint density at radius 3 is 2.37 bits per heavy atom. The van der Waals surface area contributed by atoms with Crippen LogP contribution in [0.15, 0.2) is 53.7 Å². The molecule has 0 saturated heterocycles. The number of rotatable bonds is 9. The van der Waals surface area contributed by atoms with Crippen LogP contribution < -0.4 is 20.1 Å². The van der Waals surface area contributed by atoms with Crippen LogP contribution in [0.25, 0.3) is 0 Å². The van der Waals surface area contributed by atoms with Gasteiger partial charge in [-0.25, -0.2) is 4.79 Å². The maximum Gasteiger partial charge on any atom is 0.338 e. The maximum absolute atomic E-state index is 12.9. The minimum Gasteiger partial charge on any atom is -0.497 e. The summed E-state index contributed by atoms with van der Waals surface area (Å²) in [5.41, 5.74) is 2.77. The van der Waals surface area contributed by atoms with Crippen LogP contribution in [0.3, 0.4) is 0 Å². The van der Waals surface area contributed by atoms with Gasteiger partial charge in [0.2, 0.25) is 0 Å². The summed E-state index contributed by atoms with van der Waals surface area (Å²) in [5.74, 6) is 0.204. The Hall–Kier alpha value is -3.63. The molecule has 2 N–H and O–H groups in total. The lowest BCUT2D eigenvalue weighted by Gasteiger charge is -2.35. The van der Waals surface area contributed by atoms with Gasteiger partial charge in [-0.1, -0.05) is 12.1 Å². The van der Waals surface area contributed by atoms with Crippen molar-refractivity contribution in [1.82, 2.24) is 10.2 Å². The summed E-state index contributed by atoms with van der Waals surface area (Å²) < 4.78 is 20.9. The number of ether oxygens (including phenoxy) is 4. The smallest absolute Gasteiger partial charge is 0.338 e. The number of hydrogen-bond acceptors (Lipinski definition) is 7. The molecule has 0 aliphatic carbocycles. The van der Waals surface area contributed by atoms with Crippen LogP contribution in [0, 0.1) is 0 Å². The summed E-state index contributed by atoms with van der Waals surface area (Å²) in [5, 5.41) is 6.56. The van der Waals surface area contributed by atoms with Gasteiger partial charge >= 0.3 is 5.97 Å². The average Bonchev–Trinajstić information content (AvgIpc) is 2.86. The van der Waals surface area contributed by atoms with Crippen LogP contribution in [0.4, 0.5) is 5.69 Å². The van der Waals surface area contributed by atoms with Crippen molar-refractivity contribution in [1.29, 1.82) is 0 Å². The zero-order valence-electron chi connectivity index (χ0n) is 20.3. The zero-order chi connectivity index (χ0) is 25.5. The molecule has 1 aliphatic heterocycles. The first-order valence-electron chi connectivity index (χ1n) is 10.8. The van der Waals surface area contributed by atoms with Crippen LogP contribution in [0.5, 0.6) is 11.5 Å². The standard InChI is InChI=1S/C25H29N3O6S/c1-15-21(24(30)34-10-9-31-3)22(27-25(35)28(15)2)16-7-6-8-18(11-16)26-23(29)17-12-19(32-4)14-20(13-17)33-5/h6-8,11-14,22H,9-10H2,1-5H3,(H,26,29)(H,27,35). The van der Waals surface area contributed by atoms with Gasteiger partial charge in [0.15, 0.2) is 5.11 Å². The Labute approximate surface area is 210 Å². The molecule has 1 amide bonds. The van der Waals surface area contributed by atoms with E-state index >= 15 is 0 Å². The number of carbonyl (C=O) groups is 2. The Balaban J connectivity index is 1.89. The highest BCUT2D eigenvalue weighted by Gasteiger charge is 2.33. The summed E-state index contributed by atoms with van der Waals surface area (Å²) in [6.45, 7) is 2.24. The number of thiocarbonyl (C=S) groups is 1. The molecule has 2 aromatic carbocycles. The third-order valence-corrected chi connectivity index (χ3v) is 5.98. The molecular weight excluding hydrogens is 470 g/mol. The van der Waals surface area contributed by atoms with Gasteiger partial charge in [-0.3, -0.25) is 4.79 Å². The van der Waals surface area contributed by atoms with E-state index in [1.54, 1.807) is 48.3 Å². The van der Waals surface area contributed by atoms with Gasteiger partial charge in [0.25, 0.3) is 5.91 Å². The highest BCUT2D eigenvalue weighted by atomic mass is 32.1. The molecule has 3 rings (SSSR count). The summed E-state index contributed by atoms with van der Waals surface area (Å²) in [7, 11) is 6.36. The molecule has 186 valence electrons. The van der Waals surface area contributed by atoms with E-state index in [1.807, 2.05) is 13.0 Å². The number of benzene rings is 2. The van der Waals surface area contributed by atoms with Crippen molar-refractivity contribution in [2.24, 2.45) is 0 Å². The molecule has 0 fully saturated rings. The largest absolute Gasteiger partial charge is 0.497 e. The lowest BCUT2D eigenvalue weighted by Crippen LogP contribution is -2.46. The van der Waals surface area contributed by atoms with E-state index in [1.165, 1.54) is 21.3 Å². The number of methoxy groups -OCH3 is 3. The molecule has 35 heavy (non-hydrogen) atoms. The van der Waals surface area contributed by atoms with Crippen molar-refractivity contribution in [3.05, 3.63) is 64.9 Å². The first kappa shape index (κ1) is 26.0. The number of hydrogen-bond donors (Lipinski definition) is 2. The second kappa shape index (κ2) is 11.7. The fourth-order valence-corrected chi connectivity index (χ4v) is 3.84. The minimum atomic E-state index is -0.553. The molecular formula is C25H29N3O6S. The maximum atomic E-state index is 12.9. The van der Waals surface area contributed by atoms with Crippen molar-refractivity contribution in [3.8, 4) is 11.5 Å². The monoisotopic (exact) mass is 499 g/mol. The van der Waals surface area contributed by atoms with E-state index in [2.05, 4.69) is 10.6 Å². The average molecular weight is 500 g/mol. The molecule has 0 radical (unpaired) electrons. The quantitative estimate of drug-likeness (QED) is 0.306. The van der Waals surface area contributed by atoms with Crippen LogP contribution >= 0.6 is 12.2 Å². The fourth-order valence-electron chi connectivity index (χ4n) is 3.58. The first-order chi connectivity index (χ1) is 16.8. The van der Waals surface area contributed by atoms with Crippen molar-refractivity contribution in [3.63, 3.8) is 0 Å². The Kier molecular flexibility index (Phi) is 8.67. The molecule has 0 saturated carbocycles. The summed E-state index contributed by atoms with van der Waals surface area (Å²) in [4.78, 5) is 27.6. The van der Waals surface area contributed by atoms with Gasteiger partial charge in [-0.2, -0.15) is 0 Å². The van der Waals surface area contributed by atoms with E-state index < -0.39 is 12.0 Å². The Morgan fingerprint density at radius 1 is 1.06 bits per heavy atom. The number of allylic oxidation sites excluding steroid dienone is 1. The van der Waals surface area contributed by atoms with Crippen LogP contribution in [0.1, 0.15) is 28.9 Å². The molecule has 1 heterocycles. The van der Waals surface area contributed by atoms with Gasteiger partial charge < -0.3 is 34.5 Å². The summed E-state index contributed by atoms with van der Waals surface area (Å²) in [6.07, 6.45) is 0. The van der Waals surface area contributed by atoms with Crippen LogP contribution in [-0.4, -0.2) is 63.5 Å². The van der Waals surface area contributed by atoms with Gasteiger partial charge in [-0.15, -0.1) is 0 Å². The third-order valence-electron chi connectivity index (χ3n) is 5.59. The van der Waals surface area contributed by atoms with Crippen LogP contribution in [-0.2, 0) is 14.3 Å². The number of esters is 1. The number of nitrogens with zero attached hydrogens (tertiary/aromatic N) is 1. The Bertz CT molecular complexity index is 1130. The first-order valence-corrected chi connectivity index (χ1v) is 11.2. The van der Waals surface area contributed by atoms with Gasteiger partial charge in [0, 0.05) is 37.2 Å². The normalized spacial score (nSPS) is 15.4. The molecule has 9 nitrogen and oxygen atoms in total. The lowest BCUT2D eigenvalue weighted by molar-refractivity contribution is -0.140. The van der Waals surface area contributed by atoms with Gasteiger partial charge in [-0.05, 0) is 49.0 Å². The van der Waals surface area contributed by atoms with Crippen molar-refractivity contribution >= 4 is 34.9 Å². The van der Waals surface area contributed by atoms with Gasteiger partial charge in [0.05, 0.1) is 32.4 Å². The predicted molar refractivity (Wildman–Crippen MR) is 136 cm³/mol. The zero-order valence-corrected chi connectivity index (χ0v) is 21.2. The second-order valence-corrected chi connectivity index (χ2v) is 8.14. The number of anilines is 1. The Morgan fingerprint density at radius 2 is 1.74 bits per heavy atom. The van der Waals surface area contributed by atoms with E-state index in [4.69, 9.17) is 31.2 Å².